The van der Waals surface area contributed by atoms with Gasteiger partial charge in [-0.2, -0.15) is 0 Å². The number of aromatic nitrogens is 1. The van der Waals surface area contributed by atoms with E-state index in [0.717, 1.165) is 54.1 Å². The second kappa shape index (κ2) is 6.28. The van der Waals surface area contributed by atoms with Crippen molar-refractivity contribution < 1.29 is 4.79 Å². The highest BCUT2D eigenvalue weighted by molar-refractivity contribution is 5.98. The van der Waals surface area contributed by atoms with Crippen molar-refractivity contribution in [3.63, 3.8) is 0 Å². The standard InChI is InChI=1S/C18H21N3O/c1-13-16(15-6-4-3-5-7-15)12-20-14(2)17(13)18(22)21-10-8-19-9-11-21/h3-7,12,19H,8-11H2,1-2H3. The van der Waals surface area contributed by atoms with Gasteiger partial charge in [0.25, 0.3) is 5.91 Å². The molecule has 0 unspecified atom stereocenters. The van der Waals surface area contributed by atoms with Gasteiger partial charge in [-0.25, -0.2) is 0 Å². The Balaban J connectivity index is 2.02. The average Bonchev–Trinajstić information content (AvgIpc) is 2.56. The van der Waals surface area contributed by atoms with Crippen molar-refractivity contribution in [2.45, 2.75) is 13.8 Å². The topological polar surface area (TPSA) is 45.2 Å². The molecule has 4 heteroatoms. The summed E-state index contributed by atoms with van der Waals surface area (Å²) in [5.41, 5.74) is 4.71. The fourth-order valence-electron chi connectivity index (χ4n) is 2.98. The molecule has 0 saturated carbocycles. The normalized spacial score (nSPS) is 14.9. The summed E-state index contributed by atoms with van der Waals surface area (Å²) in [5, 5.41) is 3.28. The van der Waals surface area contributed by atoms with Crippen LogP contribution in [0.15, 0.2) is 36.5 Å². The molecule has 3 rings (SSSR count). The number of piperazine rings is 1. The zero-order valence-corrected chi connectivity index (χ0v) is 13.1. The molecule has 1 aromatic carbocycles. The molecule has 1 saturated heterocycles. The third-order valence-electron chi connectivity index (χ3n) is 4.23. The van der Waals surface area contributed by atoms with Gasteiger partial charge in [0, 0.05) is 37.9 Å². The fourth-order valence-corrected chi connectivity index (χ4v) is 2.98. The summed E-state index contributed by atoms with van der Waals surface area (Å²) in [6.45, 7) is 7.16. The zero-order chi connectivity index (χ0) is 15.5. The van der Waals surface area contributed by atoms with Crippen LogP contribution < -0.4 is 5.32 Å². The van der Waals surface area contributed by atoms with Gasteiger partial charge in [0.2, 0.25) is 0 Å². The number of benzene rings is 1. The van der Waals surface area contributed by atoms with E-state index in [1.807, 2.05) is 43.1 Å². The fraction of sp³-hybridized carbons (Fsp3) is 0.333. The van der Waals surface area contributed by atoms with Gasteiger partial charge >= 0.3 is 0 Å². The molecule has 2 heterocycles. The minimum absolute atomic E-state index is 0.0989. The van der Waals surface area contributed by atoms with Crippen molar-refractivity contribution in [2.75, 3.05) is 26.2 Å². The predicted molar refractivity (Wildman–Crippen MR) is 87.9 cm³/mol. The van der Waals surface area contributed by atoms with Crippen molar-refractivity contribution in [3.05, 3.63) is 53.3 Å². The number of carbonyl (C=O) groups excluding carboxylic acids is 1. The Hall–Kier alpha value is -2.20. The quantitative estimate of drug-likeness (QED) is 0.925. The maximum atomic E-state index is 12.9. The number of pyridine rings is 1. The SMILES string of the molecule is Cc1ncc(-c2ccccc2)c(C)c1C(=O)N1CCNCC1. The zero-order valence-electron chi connectivity index (χ0n) is 13.1. The maximum absolute atomic E-state index is 12.9. The molecule has 0 aliphatic carbocycles. The number of nitrogens with one attached hydrogen (secondary N) is 1. The third-order valence-corrected chi connectivity index (χ3v) is 4.23. The number of rotatable bonds is 2. The smallest absolute Gasteiger partial charge is 0.256 e. The van der Waals surface area contributed by atoms with Gasteiger partial charge in [-0.05, 0) is 25.0 Å². The molecule has 1 aliphatic heterocycles. The molecule has 0 spiro atoms. The number of nitrogens with zero attached hydrogens (tertiary/aromatic N) is 2. The lowest BCUT2D eigenvalue weighted by Gasteiger charge is -2.28. The molecule has 1 fully saturated rings. The Morgan fingerprint density at radius 2 is 1.82 bits per heavy atom. The summed E-state index contributed by atoms with van der Waals surface area (Å²) in [4.78, 5) is 19.3. The lowest BCUT2D eigenvalue weighted by molar-refractivity contribution is 0.0734. The van der Waals surface area contributed by atoms with Crippen LogP contribution in [-0.2, 0) is 0 Å². The molecule has 1 amide bonds. The van der Waals surface area contributed by atoms with E-state index in [0.29, 0.717) is 0 Å². The molecule has 0 bridgehead atoms. The van der Waals surface area contributed by atoms with E-state index in [2.05, 4.69) is 22.4 Å². The number of hydrogen-bond donors (Lipinski definition) is 1. The van der Waals surface area contributed by atoms with E-state index in [4.69, 9.17) is 0 Å². The number of aryl methyl sites for hydroxylation is 1. The highest BCUT2D eigenvalue weighted by Gasteiger charge is 2.23. The van der Waals surface area contributed by atoms with Crippen molar-refractivity contribution in [1.82, 2.24) is 15.2 Å². The Kier molecular flexibility index (Phi) is 4.20. The molecular formula is C18H21N3O. The molecule has 22 heavy (non-hydrogen) atoms. The van der Waals surface area contributed by atoms with Crippen molar-refractivity contribution >= 4 is 5.91 Å². The number of hydrogen-bond acceptors (Lipinski definition) is 3. The molecule has 114 valence electrons. The predicted octanol–water partition coefficient (Wildman–Crippen LogP) is 2.41. The van der Waals surface area contributed by atoms with E-state index in [1.54, 1.807) is 0 Å². The average molecular weight is 295 g/mol. The molecule has 4 nitrogen and oxygen atoms in total. The van der Waals surface area contributed by atoms with Crippen LogP contribution in [0, 0.1) is 13.8 Å². The van der Waals surface area contributed by atoms with Crippen LogP contribution in [0.2, 0.25) is 0 Å². The minimum Gasteiger partial charge on any atom is -0.336 e. The summed E-state index contributed by atoms with van der Waals surface area (Å²) < 4.78 is 0. The first-order chi connectivity index (χ1) is 10.7. The minimum atomic E-state index is 0.0989. The van der Waals surface area contributed by atoms with Gasteiger partial charge in [0.1, 0.15) is 0 Å². The van der Waals surface area contributed by atoms with Crippen LogP contribution in [0.5, 0.6) is 0 Å². The molecule has 1 N–H and O–H groups in total. The first-order valence-corrected chi connectivity index (χ1v) is 7.70. The second-order valence-electron chi connectivity index (χ2n) is 5.67. The van der Waals surface area contributed by atoms with Gasteiger partial charge in [0.05, 0.1) is 11.3 Å². The summed E-state index contributed by atoms with van der Waals surface area (Å²) >= 11 is 0. The Labute approximate surface area is 131 Å². The largest absolute Gasteiger partial charge is 0.336 e. The highest BCUT2D eigenvalue weighted by atomic mass is 16.2. The monoisotopic (exact) mass is 295 g/mol. The molecule has 2 aromatic rings. The lowest BCUT2D eigenvalue weighted by Crippen LogP contribution is -2.46. The third kappa shape index (κ3) is 2.74. The highest BCUT2D eigenvalue weighted by Crippen LogP contribution is 2.27. The number of amides is 1. The van der Waals surface area contributed by atoms with Crippen LogP contribution >= 0.6 is 0 Å². The van der Waals surface area contributed by atoms with E-state index < -0.39 is 0 Å². The van der Waals surface area contributed by atoms with Gasteiger partial charge in [0.15, 0.2) is 0 Å². The summed E-state index contributed by atoms with van der Waals surface area (Å²) in [6.07, 6.45) is 1.87. The van der Waals surface area contributed by atoms with E-state index in [9.17, 15) is 4.79 Å². The second-order valence-corrected chi connectivity index (χ2v) is 5.67. The Morgan fingerprint density at radius 3 is 2.50 bits per heavy atom. The van der Waals surface area contributed by atoms with Crippen molar-refractivity contribution in [1.29, 1.82) is 0 Å². The van der Waals surface area contributed by atoms with Gasteiger partial charge < -0.3 is 10.2 Å². The first-order valence-electron chi connectivity index (χ1n) is 7.70. The van der Waals surface area contributed by atoms with Gasteiger partial charge in [-0.3, -0.25) is 9.78 Å². The molecule has 1 aliphatic rings. The van der Waals surface area contributed by atoms with Crippen LogP contribution in [0.25, 0.3) is 11.1 Å². The lowest BCUT2D eigenvalue weighted by atomic mass is 9.96. The van der Waals surface area contributed by atoms with Crippen LogP contribution in [0.4, 0.5) is 0 Å². The summed E-state index contributed by atoms with van der Waals surface area (Å²) in [7, 11) is 0. The molecule has 1 aromatic heterocycles. The van der Waals surface area contributed by atoms with Crippen LogP contribution in [-0.4, -0.2) is 42.0 Å². The molecule has 0 atom stereocenters. The summed E-state index contributed by atoms with van der Waals surface area (Å²) in [6, 6.07) is 10.1. The van der Waals surface area contributed by atoms with E-state index >= 15 is 0 Å². The van der Waals surface area contributed by atoms with E-state index in [1.165, 1.54) is 0 Å². The van der Waals surface area contributed by atoms with Gasteiger partial charge in [-0.15, -0.1) is 0 Å². The maximum Gasteiger partial charge on any atom is 0.256 e. The van der Waals surface area contributed by atoms with Gasteiger partial charge in [-0.1, -0.05) is 30.3 Å². The van der Waals surface area contributed by atoms with Crippen molar-refractivity contribution in [2.24, 2.45) is 0 Å². The summed E-state index contributed by atoms with van der Waals surface area (Å²) in [5.74, 6) is 0.0989. The first kappa shape index (κ1) is 14.7. The molecular weight excluding hydrogens is 274 g/mol. The molecule has 0 radical (unpaired) electrons. The van der Waals surface area contributed by atoms with Crippen molar-refractivity contribution in [3.8, 4) is 11.1 Å². The number of carbonyl (C=O) groups is 1. The Morgan fingerprint density at radius 1 is 1.14 bits per heavy atom. The Bertz CT molecular complexity index is 676. The van der Waals surface area contributed by atoms with Crippen LogP contribution in [0.3, 0.4) is 0 Å². The van der Waals surface area contributed by atoms with Crippen LogP contribution in [0.1, 0.15) is 21.6 Å². The van der Waals surface area contributed by atoms with E-state index in [-0.39, 0.29) is 5.91 Å².